The van der Waals surface area contributed by atoms with Crippen LogP contribution in [0.2, 0.25) is 0 Å². The van der Waals surface area contributed by atoms with Gasteiger partial charge in [-0.25, -0.2) is 9.97 Å². The van der Waals surface area contributed by atoms with Gasteiger partial charge < -0.3 is 0 Å². The third-order valence-electron chi connectivity index (χ3n) is 8.39. The van der Waals surface area contributed by atoms with Crippen molar-refractivity contribution in [3.8, 4) is 44.9 Å². The van der Waals surface area contributed by atoms with E-state index in [-0.39, 0.29) is 26.6 Å². The summed E-state index contributed by atoms with van der Waals surface area (Å²) in [6, 6.07) is 38.4. The molecule has 4 nitrogen and oxygen atoms in total. The summed E-state index contributed by atoms with van der Waals surface area (Å²) in [6.07, 6.45) is 13.6. The SMILES string of the molecule is C1=CCC(c2nc(-c3cc(-c4ccc(C5=NC=IC=C5)cc4)cc(-c4ccc(-c5ccccn5)cc4)c3)nc3ccccc23)C=C1. The van der Waals surface area contributed by atoms with Gasteiger partial charge in [-0.1, -0.05) is 118 Å². The molecule has 0 saturated heterocycles. The molecule has 6 aromatic rings. The molecule has 2 aliphatic rings. The Morgan fingerprint density at radius 3 is 2.04 bits per heavy atom. The number of allylic oxidation sites excluding steroid dienone is 5. The van der Waals surface area contributed by atoms with Gasteiger partial charge in [-0.3, -0.25) is 9.98 Å². The molecule has 0 amide bonds. The molecule has 1 atom stereocenters. The van der Waals surface area contributed by atoms with Crippen LogP contribution < -0.4 is 0 Å². The summed E-state index contributed by atoms with van der Waals surface area (Å²) in [5, 5.41) is 1.10. The summed E-state index contributed by atoms with van der Waals surface area (Å²) >= 11 is -0.0503. The molecule has 2 aromatic heterocycles. The first-order valence-corrected chi connectivity index (χ1v) is 17.8. The lowest BCUT2D eigenvalue weighted by Crippen LogP contribution is -2.04. The van der Waals surface area contributed by atoms with Gasteiger partial charge in [-0.15, -0.1) is 0 Å². The third kappa shape index (κ3) is 5.82. The minimum atomic E-state index is -0.0503. The molecule has 1 aliphatic heterocycles. The van der Waals surface area contributed by atoms with Crippen LogP contribution in [0.1, 0.15) is 23.6 Å². The van der Waals surface area contributed by atoms with Crippen molar-refractivity contribution in [1.29, 1.82) is 0 Å². The molecule has 5 heteroatoms. The number of halogens is 1. The minimum Gasteiger partial charge on any atom is -0.256 e. The highest BCUT2D eigenvalue weighted by Crippen LogP contribution is 2.36. The van der Waals surface area contributed by atoms with Crippen LogP contribution in [0.25, 0.3) is 55.8 Å². The molecule has 0 bridgehead atoms. The van der Waals surface area contributed by atoms with Crippen molar-refractivity contribution < 1.29 is 0 Å². The number of fused-ring (bicyclic) bond motifs is 1. The second-order valence-corrected chi connectivity index (χ2v) is 13.3. The van der Waals surface area contributed by atoms with E-state index in [0.717, 1.165) is 79.2 Å². The van der Waals surface area contributed by atoms with Crippen LogP contribution in [-0.2, 0) is 0 Å². The van der Waals surface area contributed by atoms with Gasteiger partial charge in [-0.2, -0.15) is 0 Å². The Balaban J connectivity index is 1.26. The number of pyridine rings is 1. The Morgan fingerprint density at radius 1 is 0.630 bits per heavy atom. The lowest BCUT2D eigenvalue weighted by atomic mass is 9.93. The van der Waals surface area contributed by atoms with E-state index < -0.39 is 0 Å². The molecular formula is C41H29IN4. The quantitative estimate of drug-likeness (QED) is 0.162. The van der Waals surface area contributed by atoms with Crippen molar-refractivity contribution in [3.05, 3.63) is 161 Å². The zero-order chi connectivity index (χ0) is 30.7. The number of nitrogens with zero attached hydrogens (tertiary/aromatic N) is 4. The van der Waals surface area contributed by atoms with Crippen molar-refractivity contribution >= 4 is 41.5 Å². The molecule has 220 valence electrons. The first-order chi connectivity index (χ1) is 22.8. The van der Waals surface area contributed by atoms with E-state index in [1.165, 1.54) is 0 Å². The van der Waals surface area contributed by atoms with E-state index in [2.05, 4.69) is 140 Å². The predicted molar refractivity (Wildman–Crippen MR) is 200 cm³/mol. The molecule has 0 saturated carbocycles. The summed E-state index contributed by atoms with van der Waals surface area (Å²) in [6.45, 7) is 0. The topological polar surface area (TPSA) is 51.0 Å². The maximum Gasteiger partial charge on any atom is 0.160 e. The molecule has 0 spiro atoms. The van der Waals surface area contributed by atoms with Crippen molar-refractivity contribution in [3.63, 3.8) is 0 Å². The average molecular weight is 705 g/mol. The Bertz CT molecular complexity index is 2210. The number of hydrogen-bond donors (Lipinski definition) is 0. The van der Waals surface area contributed by atoms with Gasteiger partial charge in [0.2, 0.25) is 0 Å². The number of para-hydroxylation sites is 1. The summed E-state index contributed by atoms with van der Waals surface area (Å²) in [4.78, 5) is 19.5. The largest absolute Gasteiger partial charge is 0.256 e. The Hall–Kier alpha value is -5.14. The zero-order valence-electron chi connectivity index (χ0n) is 25.0. The highest BCUT2D eigenvalue weighted by atomic mass is 127. The lowest BCUT2D eigenvalue weighted by molar-refractivity contribution is 0.823. The number of rotatable bonds is 6. The van der Waals surface area contributed by atoms with Gasteiger partial charge in [-0.05, 0) is 75.2 Å². The highest BCUT2D eigenvalue weighted by Gasteiger charge is 2.18. The number of benzene rings is 4. The van der Waals surface area contributed by atoms with E-state index in [9.17, 15) is 0 Å². The van der Waals surface area contributed by atoms with Crippen LogP contribution in [0.15, 0.2) is 155 Å². The average Bonchev–Trinajstić information content (AvgIpc) is 3.15. The van der Waals surface area contributed by atoms with E-state index in [1.54, 1.807) is 0 Å². The standard InChI is InChI=1S/C41H29IN4/c1-2-8-32(9-3-1)40-36-10-4-5-12-39(36)45-41(46-40)35-25-33(28-13-17-30(18-14-28)37-11-6-7-23-43-37)24-34(26-35)29-15-19-31(20-16-29)38-21-22-42-27-44-38/h1-8,10-27,32H,9H2. The molecule has 4 aromatic carbocycles. The second-order valence-electron chi connectivity index (χ2n) is 11.3. The van der Waals surface area contributed by atoms with Crippen molar-refractivity contribution in [1.82, 2.24) is 15.0 Å². The number of aromatic nitrogens is 3. The molecule has 0 radical (unpaired) electrons. The molecule has 3 heterocycles. The normalized spacial score (nSPS) is 15.5. The molecule has 46 heavy (non-hydrogen) atoms. The summed E-state index contributed by atoms with van der Waals surface area (Å²) in [7, 11) is 0. The van der Waals surface area contributed by atoms with E-state index >= 15 is 0 Å². The van der Waals surface area contributed by atoms with Crippen LogP contribution in [0.4, 0.5) is 0 Å². The first kappa shape index (κ1) is 28.3. The molecule has 1 aliphatic carbocycles. The molecular weight excluding hydrogens is 675 g/mol. The van der Waals surface area contributed by atoms with Crippen molar-refractivity contribution in [2.75, 3.05) is 0 Å². The summed E-state index contributed by atoms with van der Waals surface area (Å²) < 4.78 is 4.31. The fourth-order valence-electron chi connectivity index (χ4n) is 6.01. The Labute approximate surface area is 278 Å². The molecule has 1 unspecified atom stereocenters. The number of aliphatic imine (C=N–C) groups is 1. The predicted octanol–water partition coefficient (Wildman–Crippen LogP) is 10.3. The molecule has 8 rings (SSSR count). The van der Waals surface area contributed by atoms with Crippen LogP contribution in [0, 0.1) is 0 Å². The van der Waals surface area contributed by atoms with Gasteiger partial charge in [0.25, 0.3) is 0 Å². The summed E-state index contributed by atoms with van der Waals surface area (Å²) in [5.41, 5.74) is 11.7. The first-order valence-electron chi connectivity index (χ1n) is 15.3. The maximum atomic E-state index is 5.26. The lowest BCUT2D eigenvalue weighted by Gasteiger charge is -2.17. The maximum absolute atomic E-state index is 5.26. The summed E-state index contributed by atoms with van der Waals surface area (Å²) in [5.74, 6) is 0.948. The Morgan fingerprint density at radius 2 is 1.35 bits per heavy atom. The highest BCUT2D eigenvalue weighted by molar-refractivity contribution is 14.2. The van der Waals surface area contributed by atoms with E-state index in [1.807, 2.05) is 24.4 Å². The van der Waals surface area contributed by atoms with Crippen molar-refractivity contribution in [2.24, 2.45) is 4.99 Å². The van der Waals surface area contributed by atoms with Gasteiger partial charge in [0, 0.05) is 34.2 Å². The van der Waals surface area contributed by atoms with Gasteiger partial charge in [0.1, 0.15) is 0 Å². The Kier molecular flexibility index (Phi) is 7.82. The second kappa shape index (κ2) is 12.7. The fraction of sp³-hybridized carbons (Fsp3) is 0.0488. The molecule has 0 fully saturated rings. The van der Waals surface area contributed by atoms with Crippen LogP contribution >= 0.6 is 20.7 Å². The van der Waals surface area contributed by atoms with E-state index in [4.69, 9.17) is 9.97 Å². The van der Waals surface area contributed by atoms with Crippen LogP contribution in [0.5, 0.6) is 0 Å². The number of hydrogen-bond acceptors (Lipinski definition) is 4. The van der Waals surface area contributed by atoms with Gasteiger partial charge in [0.05, 0.1) is 26.8 Å². The smallest absolute Gasteiger partial charge is 0.160 e. The zero-order valence-corrected chi connectivity index (χ0v) is 27.1. The van der Waals surface area contributed by atoms with Crippen LogP contribution in [-0.4, -0.2) is 24.8 Å². The van der Waals surface area contributed by atoms with Gasteiger partial charge >= 0.3 is 0 Å². The minimum absolute atomic E-state index is 0.0503. The fourth-order valence-corrected chi connectivity index (χ4v) is 7.20. The van der Waals surface area contributed by atoms with Gasteiger partial charge in [0.15, 0.2) is 5.82 Å². The van der Waals surface area contributed by atoms with Crippen molar-refractivity contribution in [2.45, 2.75) is 12.3 Å². The third-order valence-corrected chi connectivity index (χ3v) is 9.76. The van der Waals surface area contributed by atoms with Crippen LogP contribution in [0.3, 0.4) is 0 Å². The monoisotopic (exact) mass is 704 g/mol. The molecule has 0 N–H and O–H groups in total. The van der Waals surface area contributed by atoms with E-state index in [0.29, 0.717) is 0 Å².